The quantitative estimate of drug-likeness (QED) is 0.390. The van der Waals surface area contributed by atoms with Crippen molar-refractivity contribution < 1.29 is 14.3 Å². The third-order valence-electron chi connectivity index (χ3n) is 2.10. The van der Waals surface area contributed by atoms with Gasteiger partial charge in [-0.05, 0) is 34.1 Å². The van der Waals surface area contributed by atoms with Crippen molar-refractivity contribution in [1.82, 2.24) is 9.97 Å². The molecule has 0 fully saturated rings. The number of benzene rings is 1. The minimum Gasteiger partial charge on any atom is -0.424 e. The van der Waals surface area contributed by atoms with Gasteiger partial charge >= 0.3 is 6.01 Å². The van der Waals surface area contributed by atoms with Crippen LogP contribution in [0.1, 0.15) is 5.69 Å². The Balaban J connectivity index is 2.26. The molecule has 8 heteroatoms. The van der Waals surface area contributed by atoms with E-state index in [0.29, 0.717) is 4.47 Å². The third-order valence-corrected chi connectivity index (χ3v) is 2.75. The Hall–Kier alpha value is -2.22. The molecule has 6 nitrogen and oxygen atoms in total. The van der Waals surface area contributed by atoms with Crippen molar-refractivity contribution in [2.24, 2.45) is 10.9 Å². The molecule has 2 rings (SSSR count). The number of ether oxygens (including phenoxy) is 1. The molecule has 1 aromatic carbocycles. The zero-order chi connectivity index (χ0) is 13.8. The molecular formula is C11H8BrFN4O2. The predicted molar refractivity (Wildman–Crippen MR) is 68.7 cm³/mol. The number of amidine groups is 1. The summed E-state index contributed by atoms with van der Waals surface area (Å²) in [6, 6.07) is 5.64. The molecule has 0 bridgehead atoms. The van der Waals surface area contributed by atoms with Gasteiger partial charge in [-0.2, -0.15) is 4.98 Å². The molecule has 0 aliphatic carbocycles. The molecule has 98 valence electrons. The smallest absolute Gasteiger partial charge is 0.322 e. The van der Waals surface area contributed by atoms with Crippen LogP contribution in [0.2, 0.25) is 0 Å². The van der Waals surface area contributed by atoms with Crippen molar-refractivity contribution in [3.8, 4) is 11.8 Å². The summed E-state index contributed by atoms with van der Waals surface area (Å²) in [7, 11) is 0. The number of hydrogen-bond donors (Lipinski definition) is 2. The Kier molecular flexibility index (Phi) is 3.91. The molecule has 0 aliphatic rings. The molecule has 0 saturated carbocycles. The number of oxime groups is 1. The minimum atomic E-state index is -0.468. The van der Waals surface area contributed by atoms with Gasteiger partial charge < -0.3 is 15.7 Å². The Bertz CT molecular complexity index is 636. The van der Waals surface area contributed by atoms with Crippen LogP contribution in [-0.2, 0) is 0 Å². The van der Waals surface area contributed by atoms with E-state index in [1.54, 1.807) is 6.07 Å². The van der Waals surface area contributed by atoms with E-state index < -0.39 is 5.82 Å². The summed E-state index contributed by atoms with van der Waals surface area (Å²) in [6.07, 6.45) is 1.38. The van der Waals surface area contributed by atoms with Crippen LogP contribution in [0.15, 0.2) is 40.1 Å². The number of halogens is 2. The van der Waals surface area contributed by atoms with Crippen LogP contribution in [0.3, 0.4) is 0 Å². The average molecular weight is 327 g/mol. The van der Waals surface area contributed by atoms with E-state index in [9.17, 15) is 4.39 Å². The second-order valence-electron chi connectivity index (χ2n) is 3.39. The molecule has 19 heavy (non-hydrogen) atoms. The van der Waals surface area contributed by atoms with Crippen LogP contribution in [-0.4, -0.2) is 21.0 Å². The number of aromatic nitrogens is 2. The van der Waals surface area contributed by atoms with Crippen molar-refractivity contribution in [3.63, 3.8) is 0 Å². The Morgan fingerprint density at radius 2 is 2.21 bits per heavy atom. The fourth-order valence-corrected chi connectivity index (χ4v) is 1.48. The third kappa shape index (κ3) is 3.16. The molecule has 0 atom stereocenters. The first kappa shape index (κ1) is 13.2. The van der Waals surface area contributed by atoms with Crippen LogP contribution in [0.25, 0.3) is 0 Å². The molecule has 0 saturated heterocycles. The van der Waals surface area contributed by atoms with Gasteiger partial charge in [0.15, 0.2) is 5.84 Å². The van der Waals surface area contributed by atoms with Crippen LogP contribution >= 0.6 is 15.9 Å². The van der Waals surface area contributed by atoms with Crippen LogP contribution in [0, 0.1) is 5.82 Å². The zero-order valence-corrected chi connectivity index (χ0v) is 11.0. The van der Waals surface area contributed by atoms with E-state index in [2.05, 4.69) is 31.1 Å². The van der Waals surface area contributed by atoms with Gasteiger partial charge in [-0.25, -0.2) is 9.37 Å². The number of hydrogen-bond acceptors (Lipinski definition) is 5. The molecule has 1 aromatic heterocycles. The lowest BCUT2D eigenvalue weighted by molar-refractivity contribution is 0.318. The second kappa shape index (κ2) is 5.61. The van der Waals surface area contributed by atoms with E-state index in [1.807, 2.05) is 0 Å². The maximum atomic E-state index is 13.3. The molecule has 2 aromatic rings. The summed E-state index contributed by atoms with van der Waals surface area (Å²) in [5.74, 6) is -0.406. The molecule has 1 heterocycles. The fraction of sp³-hybridized carbons (Fsp3) is 0. The number of nitrogens with two attached hydrogens (primary N) is 1. The molecule has 3 N–H and O–H groups in total. The van der Waals surface area contributed by atoms with Crippen molar-refractivity contribution in [2.75, 3.05) is 0 Å². The van der Waals surface area contributed by atoms with E-state index in [4.69, 9.17) is 15.7 Å². The van der Waals surface area contributed by atoms with Gasteiger partial charge in [0.1, 0.15) is 17.3 Å². The highest BCUT2D eigenvalue weighted by molar-refractivity contribution is 9.10. The lowest BCUT2D eigenvalue weighted by Crippen LogP contribution is -2.15. The lowest BCUT2D eigenvalue weighted by atomic mass is 10.3. The van der Waals surface area contributed by atoms with Crippen molar-refractivity contribution in [3.05, 3.63) is 46.4 Å². The SMILES string of the molecule is N/C(=N/O)c1ccnc(Oc2ccc(Br)c(F)c2)n1. The highest BCUT2D eigenvalue weighted by atomic mass is 79.9. The Morgan fingerprint density at radius 1 is 1.42 bits per heavy atom. The molecule has 0 amide bonds. The van der Waals surface area contributed by atoms with Crippen LogP contribution in [0.4, 0.5) is 4.39 Å². The van der Waals surface area contributed by atoms with Gasteiger partial charge in [0.2, 0.25) is 0 Å². The normalized spacial score (nSPS) is 11.4. The highest BCUT2D eigenvalue weighted by Gasteiger charge is 2.07. The molecule has 0 unspecified atom stereocenters. The summed E-state index contributed by atoms with van der Waals surface area (Å²) in [5.41, 5.74) is 5.59. The first-order chi connectivity index (χ1) is 9.10. The van der Waals surface area contributed by atoms with Gasteiger partial charge in [-0.3, -0.25) is 0 Å². The van der Waals surface area contributed by atoms with Gasteiger partial charge in [-0.15, -0.1) is 0 Å². The monoisotopic (exact) mass is 326 g/mol. The molecule has 0 aliphatic heterocycles. The maximum absolute atomic E-state index is 13.3. The van der Waals surface area contributed by atoms with E-state index in [-0.39, 0.29) is 23.3 Å². The summed E-state index contributed by atoms with van der Waals surface area (Å²) in [6.45, 7) is 0. The second-order valence-corrected chi connectivity index (χ2v) is 4.24. The Morgan fingerprint density at radius 3 is 2.89 bits per heavy atom. The fourth-order valence-electron chi connectivity index (χ4n) is 1.23. The average Bonchev–Trinajstić information content (AvgIpc) is 2.42. The summed E-state index contributed by atoms with van der Waals surface area (Å²) in [4.78, 5) is 7.75. The maximum Gasteiger partial charge on any atom is 0.322 e. The first-order valence-corrected chi connectivity index (χ1v) is 5.83. The van der Waals surface area contributed by atoms with E-state index in [1.165, 1.54) is 24.4 Å². The van der Waals surface area contributed by atoms with E-state index in [0.717, 1.165) is 0 Å². The number of rotatable bonds is 3. The summed E-state index contributed by atoms with van der Waals surface area (Å²) in [5, 5.41) is 11.4. The first-order valence-electron chi connectivity index (χ1n) is 5.04. The van der Waals surface area contributed by atoms with Crippen LogP contribution < -0.4 is 10.5 Å². The topological polar surface area (TPSA) is 93.6 Å². The number of nitrogens with zero attached hydrogens (tertiary/aromatic N) is 3. The molecular weight excluding hydrogens is 319 g/mol. The van der Waals surface area contributed by atoms with Crippen molar-refractivity contribution in [1.29, 1.82) is 0 Å². The van der Waals surface area contributed by atoms with Crippen LogP contribution in [0.5, 0.6) is 11.8 Å². The molecule has 0 radical (unpaired) electrons. The van der Waals surface area contributed by atoms with Gasteiger partial charge in [0.25, 0.3) is 0 Å². The van der Waals surface area contributed by atoms with Gasteiger partial charge in [-0.1, -0.05) is 5.16 Å². The zero-order valence-electron chi connectivity index (χ0n) is 9.42. The van der Waals surface area contributed by atoms with Gasteiger partial charge in [0.05, 0.1) is 4.47 Å². The standard InChI is InChI=1S/C11H8BrFN4O2/c12-7-2-1-6(5-8(7)13)19-11-15-4-3-9(16-11)10(14)17-18/h1-5,18H,(H2,14,17). The summed E-state index contributed by atoms with van der Waals surface area (Å²) < 4.78 is 18.9. The van der Waals surface area contributed by atoms with Gasteiger partial charge in [0, 0.05) is 12.3 Å². The van der Waals surface area contributed by atoms with E-state index >= 15 is 0 Å². The molecule has 0 spiro atoms. The largest absolute Gasteiger partial charge is 0.424 e. The van der Waals surface area contributed by atoms with Crippen molar-refractivity contribution >= 4 is 21.8 Å². The highest BCUT2D eigenvalue weighted by Crippen LogP contribution is 2.23. The van der Waals surface area contributed by atoms with Crippen molar-refractivity contribution in [2.45, 2.75) is 0 Å². The minimum absolute atomic E-state index is 0.0363. The summed E-state index contributed by atoms with van der Waals surface area (Å²) >= 11 is 3.03. The lowest BCUT2D eigenvalue weighted by Gasteiger charge is -2.05. The predicted octanol–water partition coefficient (Wildman–Crippen LogP) is 2.26. The Labute approximate surface area is 115 Å².